The summed E-state index contributed by atoms with van der Waals surface area (Å²) in [5.74, 6) is 0. The van der Waals surface area contributed by atoms with Crippen molar-refractivity contribution in [3.63, 3.8) is 0 Å². The van der Waals surface area contributed by atoms with Crippen LogP contribution in [0.25, 0.3) is 0 Å². The molecule has 0 saturated carbocycles. The molecular formula is C11H13F3N2O. The number of nitrogens with one attached hydrogen (secondary N) is 1. The van der Waals surface area contributed by atoms with E-state index in [-0.39, 0.29) is 0 Å². The van der Waals surface area contributed by atoms with Gasteiger partial charge in [-0.15, -0.1) is 0 Å². The zero-order valence-corrected chi connectivity index (χ0v) is 9.29. The fourth-order valence-corrected chi connectivity index (χ4v) is 1.20. The molecule has 3 nitrogen and oxygen atoms in total. The van der Waals surface area contributed by atoms with E-state index in [2.05, 4.69) is 15.3 Å². The highest BCUT2D eigenvalue weighted by Crippen LogP contribution is 2.28. The SMILES string of the molecule is CON=CCNCc1ccc(C(F)(F)F)cc1. The Morgan fingerprint density at radius 1 is 1.29 bits per heavy atom. The first-order chi connectivity index (χ1) is 8.04. The molecule has 0 aromatic heterocycles. The van der Waals surface area contributed by atoms with E-state index < -0.39 is 11.7 Å². The topological polar surface area (TPSA) is 33.6 Å². The fraction of sp³-hybridized carbons (Fsp3) is 0.364. The Kier molecular flexibility index (Phi) is 4.96. The van der Waals surface area contributed by atoms with E-state index in [0.29, 0.717) is 13.1 Å². The zero-order valence-electron chi connectivity index (χ0n) is 9.29. The maximum absolute atomic E-state index is 12.3. The minimum Gasteiger partial charge on any atom is -0.399 e. The van der Waals surface area contributed by atoms with Gasteiger partial charge in [-0.05, 0) is 17.7 Å². The van der Waals surface area contributed by atoms with Gasteiger partial charge in [-0.1, -0.05) is 17.3 Å². The predicted octanol–water partition coefficient (Wildman–Crippen LogP) is 2.43. The minimum atomic E-state index is -4.28. The highest BCUT2D eigenvalue weighted by atomic mass is 19.4. The van der Waals surface area contributed by atoms with E-state index in [1.165, 1.54) is 25.5 Å². The van der Waals surface area contributed by atoms with Crippen LogP contribution in [0.4, 0.5) is 13.2 Å². The summed E-state index contributed by atoms with van der Waals surface area (Å²) in [6, 6.07) is 5.03. The second-order valence-corrected chi connectivity index (χ2v) is 3.30. The normalized spacial score (nSPS) is 12.0. The van der Waals surface area contributed by atoms with Crippen LogP contribution >= 0.6 is 0 Å². The molecule has 0 unspecified atom stereocenters. The van der Waals surface area contributed by atoms with Crippen molar-refractivity contribution in [2.24, 2.45) is 5.16 Å². The Bertz CT molecular complexity index is 360. The summed E-state index contributed by atoms with van der Waals surface area (Å²) >= 11 is 0. The third-order valence-electron chi connectivity index (χ3n) is 2.03. The van der Waals surface area contributed by atoms with Crippen molar-refractivity contribution in [3.8, 4) is 0 Å². The quantitative estimate of drug-likeness (QED) is 0.492. The van der Waals surface area contributed by atoms with Crippen molar-refractivity contribution >= 4 is 6.21 Å². The van der Waals surface area contributed by atoms with Crippen LogP contribution in [0, 0.1) is 0 Å². The number of oxime groups is 1. The van der Waals surface area contributed by atoms with Crippen LogP contribution in [0.3, 0.4) is 0 Å². The smallest absolute Gasteiger partial charge is 0.399 e. The van der Waals surface area contributed by atoms with Gasteiger partial charge in [0, 0.05) is 13.1 Å². The molecule has 0 fully saturated rings. The molecule has 0 amide bonds. The third kappa shape index (κ3) is 4.86. The molecule has 0 heterocycles. The van der Waals surface area contributed by atoms with Gasteiger partial charge in [0.15, 0.2) is 0 Å². The van der Waals surface area contributed by atoms with Crippen molar-refractivity contribution in [2.45, 2.75) is 12.7 Å². The van der Waals surface area contributed by atoms with Crippen LogP contribution in [0.1, 0.15) is 11.1 Å². The Balaban J connectivity index is 2.43. The Labute approximate surface area is 97.3 Å². The second-order valence-electron chi connectivity index (χ2n) is 3.30. The highest BCUT2D eigenvalue weighted by molar-refractivity contribution is 5.58. The van der Waals surface area contributed by atoms with E-state index in [4.69, 9.17) is 0 Å². The molecule has 0 aliphatic carbocycles. The molecule has 1 aromatic rings. The van der Waals surface area contributed by atoms with Crippen molar-refractivity contribution in [1.82, 2.24) is 5.32 Å². The van der Waals surface area contributed by atoms with Gasteiger partial charge in [0.25, 0.3) is 0 Å². The summed E-state index contributed by atoms with van der Waals surface area (Å²) in [5, 5.41) is 6.50. The van der Waals surface area contributed by atoms with Crippen molar-refractivity contribution in [2.75, 3.05) is 13.7 Å². The van der Waals surface area contributed by atoms with Gasteiger partial charge < -0.3 is 10.2 Å². The van der Waals surface area contributed by atoms with Crippen LogP contribution in [0.15, 0.2) is 29.4 Å². The molecule has 94 valence electrons. The number of rotatable bonds is 5. The summed E-state index contributed by atoms with van der Waals surface area (Å²) in [5.41, 5.74) is 0.144. The number of halogens is 3. The molecule has 0 aliphatic rings. The predicted molar refractivity (Wildman–Crippen MR) is 58.7 cm³/mol. The highest BCUT2D eigenvalue weighted by Gasteiger charge is 2.29. The molecule has 1 N–H and O–H groups in total. The van der Waals surface area contributed by atoms with Crippen molar-refractivity contribution in [3.05, 3.63) is 35.4 Å². The number of hydrogen-bond donors (Lipinski definition) is 1. The van der Waals surface area contributed by atoms with Crippen LogP contribution in [-0.4, -0.2) is 19.9 Å². The molecule has 1 aromatic carbocycles. The van der Waals surface area contributed by atoms with Crippen LogP contribution in [-0.2, 0) is 17.6 Å². The Morgan fingerprint density at radius 3 is 2.47 bits per heavy atom. The Hall–Kier alpha value is -1.56. The van der Waals surface area contributed by atoms with Gasteiger partial charge >= 0.3 is 6.18 Å². The first-order valence-corrected chi connectivity index (χ1v) is 4.96. The average molecular weight is 246 g/mol. The molecule has 1 rings (SSSR count). The van der Waals surface area contributed by atoms with E-state index in [1.54, 1.807) is 0 Å². The Morgan fingerprint density at radius 2 is 1.94 bits per heavy atom. The largest absolute Gasteiger partial charge is 0.416 e. The summed E-state index contributed by atoms with van der Waals surface area (Å²) in [6.07, 6.45) is -2.75. The lowest BCUT2D eigenvalue weighted by Gasteiger charge is -2.07. The molecule has 0 saturated heterocycles. The van der Waals surface area contributed by atoms with Crippen LogP contribution < -0.4 is 5.32 Å². The van der Waals surface area contributed by atoms with Gasteiger partial charge in [0.05, 0.1) is 11.8 Å². The number of alkyl halides is 3. The lowest BCUT2D eigenvalue weighted by molar-refractivity contribution is -0.137. The van der Waals surface area contributed by atoms with Gasteiger partial charge in [0.2, 0.25) is 0 Å². The van der Waals surface area contributed by atoms with Gasteiger partial charge in [0.1, 0.15) is 7.11 Å². The monoisotopic (exact) mass is 246 g/mol. The summed E-state index contributed by atoms with van der Waals surface area (Å²) in [7, 11) is 1.44. The van der Waals surface area contributed by atoms with Gasteiger partial charge in [-0.25, -0.2) is 0 Å². The summed E-state index contributed by atoms with van der Waals surface area (Å²) < 4.78 is 36.8. The molecule has 0 atom stereocenters. The first-order valence-electron chi connectivity index (χ1n) is 4.96. The molecule has 6 heteroatoms. The molecule has 0 spiro atoms. The molecular weight excluding hydrogens is 233 g/mol. The van der Waals surface area contributed by atoms with E-state index in [0.717, 1.165) is 17.7 Å². The zero-order chi connectivity index (χ0) is 12.7. The maximum Gasteiger partial charge on any atom is 0.416 e. The molecule has 0 bridgehead atoms. The minimum absolute atomic E-state index is 0.480. The summed E-state index contributed by atoms with van der Waals surface area (Å²) in [4.78, 5) is 4.45. The second kappa shape index (κ2) is 6.24. The molecule has 0 aliphatic heterocycles. The van der Waals surface area contributed by atoms with E-state index in [9.17, 15) is 13.2 Å². The van der Waals surface area contributed by atoms with Crippen LogP contribution in [0.5, 0.6) is 0 Å². The fourth-order valence-electron chi connectivity index (χ4n) is 1.20. The lowest BCUT2D eigenvalue weighted by Crippen LogP contribution is -2.16. The van der Waals surface area contributed by atoms with Crippen molar-refractivity contribution in [1.29, 1.82) is 0 Å². The van der Waals surface area contributed by atoms with E-state index >= 15 is 0 Å². The lowest BCUT2D eigenvalue weighted by atomic mass is 10.1. The number of benzene rings is 1. The molecule has 0 radical (unpaired) electrons. The molecule has 17 heavy (non-hydrogen) atoms. The standard InChI is InChI=1S/C11H13F3N2O/c1-17-16-7-6-15-8-9-2-4-10(5-3-9)11(12,13)14/h2-5,7,15H,6,8H2,1H3. The summed E-state index contributed by atoms with van der Waals surface area (Å²) in [6.45, 7) is 0.975. The first kappa shape index (κ1) is 13.5. The van der Waals surface area contributed by atoms with Gasteiger partial charge in [-0.2, -0.15) is 13.2 Å². The third-order valence-corrected chi connectivity index (χ3v) is 2.03. The van der Waals surface area contributed by atoms with E-state index in [1.807, 2.05) is 0 Å². The number of hydrogen-bond acceptors (Lipinski definition) is 3. The number of nitrogens with zero attached hydrogens (tertiary/aromatic N) is 1. The average Bonchev–Trinajstić information content (AvgIpc) is 2.28. The van der Waals surface area contributed by atoms with Crippen molar-refractivity contribution < 1.29 is 18.0 Å². The maximum atomic E-state index is 12.3. The van der Waals surface area contributed by atoms with Gasteiger partial charge in [-0.3, -0.25) is 0 Å². The van der Waals surface area contributed by atoms with Crippen LogP contribution in [0.2, 0.25) is 0 Å².